The van der Waals surface area contributed by atoms with E-state index in [-0.39, 0.29) is 12.0 Å². The predicted molar refractivity (Wildman–Crippen MR) is 69.9 cm³/mol. The molecule has 0 bridgehead atoms. The van der Waals surface area contributed by atoms with Gasteiger partial charge in [-0.3, -0.25) is 0 Å². The number of ether oxygens (including phenoxy) is 1. The number of hydrogen-bond donors (Lipinski definition) is 1. The van der Waals surface area contributed by atoms with Crippen LogP contribution in [0, 0.1) is 5.92 Å². The maximum atomic E-state index is 9.76. The number of benzene rings is 1. The molecule has 90 valence electrons. The standard InChI is InChI=1S/C13H19BrO2/c1-4-13(15)9(2)7-10-8-11(16-3)5-6-12(10)14/h5-6,8-9,13,15H,4,7H2,1-3H3. The zero-order valence-corrected chi connectivity index (χ0v) is 11.6. The molecule has 0 aliphatic rings. The molecule has 0 saturated carbocycles. The van der Waals surface area contributed by atoms with E-state index in [9.17, 15) is 5.11 Å². The topological polar surface area (TPSA) is 29.5 Å². The van der Waals surface area contributed by atoms with E-state index in [0.29, 0.717) is 0 Å². The molecular formula is C13H19BrO2. The van der Waals surface area contributed by atoms with Crippen molar-refractivity contribution in [1.29, 1.82) is 0 Å². The minimum Gasteiger partial charge on any atom is -0.497 e. The van der Waals surface area contributed by atoms with Gasteiger partial charge in [0.25, 0.3) is 0 Å². The number of aliphatic hydroxyl groups is 1. The zero-order valence-electron chi connectivity index (χ0n) is 10.0. The molecule has 1 N–H and O–H groups in total. The van der Waals surface area contributed by atoms with E-state index < -0.39 is 0 Å². The Hall–Kier alpha value is -0.540. The highest BCUT2D eigenvalue weighted by atomic mass is 79.9. The van der Waals surface area contributed by atoms with Crippen LogP contribution in [0.5, 0.6) is 5.75 Å². The van der Waals surface area contributed by atoms with Crippen molar-refractivity contribution in [3.63, 3.8) is 0 Å². The molecule has 2 unspecified atom stereocenters. The number of methoxy groups -OCH3 is 1. The molecule has 1 aromatic carbocycles. The Labute approximate surface area is 106 Å². The molecule has 16 heavy (non-hydrogen) atoms. The Morgan fingerprint density at radius 1 is 1.44 bits per heavy atom. The Kier molecular flexibility index (Phi) is 5.29. The fraction of sp³-hybridized carbons (Fsp3) is 0.538. The van der Waals surface area contributed by atoms with Crippen molar-refractivity contribution in [2.75, 3.05) is 7.11 Å². The number of hydrogen-bond acceptors (Lipinski definition) is 2. The van der Waals surface area contributed by atoms with Gasteiger partial charge in [-0.05, 0) is 42.5 Å². The predicted octanol–water partition coefficient (Wildman–Crippen LogP) is 3.41. The van der Waals surface area contributed by atoms with Gasteiger partial charge in [-0.15, -0.1) is 0 Å². The maximum Gasteiger partial charge on any atom is 0.119 e. The van der Waals surface area contributed by atoms with Gasteiger partial charge in [0.05, 0.1) is 13.2 Å². The van der Waals surface area contributed by atoms with Gasteiger partial charge in [0.1, 0.15) is 5.75 Å². The lowest BCUT2D eigenvalue weighted by atomic mass is 9.94. The average molecular weight is 287 g/mol. The van der Waals surface area contributed by atoms with E-state index in [4.69, 9.17) is 4.74 Å². The SMILES string of the molecule is CCC(O)C(C)Cc1cc(OC)ccc1Br. The second-order valence-electron chi connectivity index (χ2n) is 4.11. The van der Waals surface area contributed by atoms with E-state index >= 15 is 0 Å². The molecule has 0 saturated heterocycles. The number of rotatable bonds is 5. The third kappa shape index (κ3) is 3.49. The lowest BCUT2D eigenvalue weighted by Gasteiger charge is -2.18. The van der Waals surface area contributed by atoms with Crippen LogP contribution < -0.4 is 4.74 Å². The first-order valence-corrected chi connectivity index (χ1v) is 6.38. The molecule has 2 atom stereocenters. The van der Waals surface area contributed by atoms with Crippen LogP contribution in [0.2, 0.25) is 0 Å². The van der Waals surface area contributed by atoms with Gasteiger partial charge in [0.2, 0.25) is 0 Å². The minimum absolute atomic E-state index is 0.238. The summed E-state index contributed by atoms with van der Waals surface area (Å²) < 4.78 is 6.27. The second-order valence-corrected chi connectivity index (χ2v) is 4.97. The van der Waals surface area contributed by atoms with E-state index in [1.807, 2.05) is 25.1 Å². The molecule has 0 amide bonds. The average Bonchev–Trinajstić information content (AvgIpc) is 2.30. The first kappa shape index (κ1) is 13.5. The Balaban J connectivity index is 2.79. The van der Waals surface area contributed by atoms with Gasteiger partial charge < -0.3 is 9.84 Å². The third-order valence-electron chi connectivity index (χ3n) is 2.87. The lowest BCUT2D eigenvalue weighted by Crippen LogP contribution is -2.18. The summed E-state index contributed by atoms with van der Waals surface area (Å²) >= 11 is 3.52. The largest absolute Gasteiger partial charge is 0.497 e. The van der Waals surface area contributed by atoms with E-state index in [2.05, 4.69) is 22.9 Å². The molecular weight excluding hydrogens is 268 g/mol. The molecule has 2 nitrogen and oxygen atoms in total. The lowest BCUT2D eigenvalue weighted by molar-refractivity contribution is 0.112. The summed E-state index contributed by atoms with van der Waals surface area (Å²) in [5.41, 5.74) is 1.18. The van der Waals surface area contributed by atoms with Gasteiger partial charge in [-0.25, -0.2) is 0 Å². The molecule has 0 fully saturated rings. The van der Waals surface area contributed by atoms with Crippen LogP contribution in [0.25, 0.3) is 0 Å². The van der Waals surface area contributed by atoms with Gasteiger partial charge in [-0.2, -0.15) is 0 Å². The number of aliphatic hydroxyl groups excluding tert-OH is 1. The molecule has 0 aliphatic heterocycles. The van der Waals surface area contributed by atoms with Crippen molar-refractivity contribution < 1.29 is 9.84 Å². The highest BCUT2D eigenvalue weighted by Gasteiger charge is 2.14. The maximum absolute atomic E-state index is 9.76. The van der Waals surface area contributed by atoms with Crippen molar-refractivity contribution in [3.05, 3.63) is 28.2 Å². The molecule has 0 spiro atoms. The highest BCUT2D eigenvalue weighted by molar-refractivity contribution is 9.10. The fourth-order valence-corrected chi connectivity index (χ4v) is 2.13. The quantitative estimate of drug-likeness (QED) is 0.899. The first-order chi connectivity index (χ1) is 7.58. The molecule has 0 radical (unpaired) electrons. The zero-order chi connectivity index (χ0) is 12.1. The smallest absolute Gasteiger partial charge is 0.119 e. The summed E-state index contributed by atoms with van der Waals surface area (Å²) in [5, 5.41) is 9.76. The molecule has 1 rings (SSSR count). The molecule has 1 aromatic rings. The first-order valence-electron chi connectivity index (χ1n) is 5.59. The van der Waals surface area contributed by atoms with Gasteiger partial charge in [0, 0.05) is 4.47 Å². The van der Waals surface area contributed by atoms with Crippen LogP contribution in [0.15, 0.2) is 22.7 Å². The van der Waals surface area contributed by atoms with Gasteiger partial charge in [-0.1, -0.05) is 29.8 Å². The van der Waals surface area contributed by atoms with Crippen LogP contribution >= 0.6 is 15.9 Å². The van der Waals surface area contributed by atoms with Crippen molar-refractivity contribution in [1.82, 2.24) is 0 Å². The summed E-state index contributed by atoms with van der Waals surface area (Å²) in [7, 11) is 1.66. The molecule has 0 heterocycles. The summed E-state index contributed by atoms with van der Waals surface area (Å²) in [5.74, 6) is 1.12. The summed E-state index contributed by atoms with van der Waals surface area (Å²) in [6.45, 7) is 4.07. The second kappa shape index (κ2) is 6.26. The molecule has 0 aromatic heterocycles. The van der Waals surface area contributed by atoms with Crippen molar-refractivity contribution in [3.8, 4) is 5.75 Å². The van der Waals surface area contributed by atoms with Crippen LogP contribution in [0.4, 0.5) is 0 Å². The monoisotopic (exact) mass is 286 g/mol. The van der Waals surface area contributed by atoms with Crippen molar-refractivity contribution >= 4 is 15.9 Å². The summed E-state index contributed by atoms with van der Waals surface area (Å²) in [6, 6.07) is 5.93. The molecule has 3 heteroatoms. The third-order valence-corrected chi connectivity index (χ3v) is 3.64. The van der Waals surface area contributed by atoms with Crippen LogP contribution in [0.3, 0.4) is 0 Å². The molecule has 0 aliphatic carbocycles. The van der Waals surface area contributed by atoms with Gasteiger partial charge in [0.15, 0.2) is 0 Å². The minimum atomic E-state index is -0.238. The summed E-state index contributed by atoms with van der Waals surface area (Å²) in [6.07, 6.45) is 1.41. The van der Waals surface area contributed by atoms with E-state index in [1.54, 1.807) is 7.11 Å². The fourth-order valence-electron chi connectivity index (χ4n) is 1.72. The van der Waals surface area contributed by atoms with Crippen LogP contribution in [-0.2, 0) is 6.42 Å². The van der Waals surface area contributed by atoms with E-state index in [1.165, 1.54) is 5.56 Å². The van der Waals surface area contributed by atoms with Crippen molar-refractivity contribution in [2.45, 2.75) is 32.8 Å². The Morgan fingerprint density at radius 3 is 2.69 bits per heavy atom. The number of halogens is 1. The van der Waals surface area contributed by atoms with Gasteiger partial charge >= 0.3 is 0 Å². The Morgan fingerprint density at radius 2 is 2.12 bits per heavy atom. The van der Waals surface area contributed by atoms with Crippen LogP contribution in [0.1, 0.15) is 25.8 Å². The van der Waals surface area contributed by atoms with E-state index in [0.717, 1.165) is 23.1 Å². The summed E-state index contributed by atoms with van der Waals surface area (Å²) in [4.78, 5) is 0. The highest BCUT2D eigenvalue weighted by Crippen LogP contribution is 2.26. The van der Waals surface area contributed by atoms with Crippen LogP contribution in [-0.4, -0.2) is 18.3 Å². The van der Waals surface area contributed by atoms with Crippen molar-refractivity contribution in [2.24, 2.45) is 5.92 Å². The Bertz CT molecular complexity index is 339. The normalized spacial score (nSPS) is 14.6.